The van der Waals surface area contributed by atoms with Gasteiger partial charge in [-0.25, -0.2) is 17.5 Å². The van der Waals surface area contributed by atoms with Crippen LogP contribution in [0.5, 0.6) is 0 Å². The number of benzene rings is 1. The second-order valence-electron chi connectivity index (χ2n) is 5.77. The van der Waals surface area contributed by atoms with Gasteiger partial charge in [0.1, 0.15) is 10.4 Å². The van der Waals surface area contributed by atoms with Gasteiger partial charge in [0.05, 0.1) is 5.02 Å². The molecular weight excluding hydrogens is 356 g/mol. The number of halogens is 1. The highest BCUT2D eigenvalue weighted by molar-refractivity contribution is 7.89. The molecule has 1 rings (SSSR count). The molecule has 0 unspecified atom stereocenters. The third kappa shape index (κ3) is 4.25. The molecule has 9 heteroatoms. The van der Waals surface area contributed by atoms with Crippen molar-refractivity contribution in [3.63, 3.8) is 0 Å². The predicted molar refractivity (Wildman–Crippen MR) is 90.7 cm³/mol. The van der Waals surface area contributed by atoms with Crippen LogP contribution in [0.2, 0.25) is 5.02 Å². The molecule has 0 aromatic heterocycles. The summed E-state index contributed by atoms with van der Waals surface area (Å²) < 4.78 is 25.5. The van der Waals surface area contributed by atoms with Crippen LogP contribution in [-0.4, -0.2) is 49.3 Å². The number of sulfonamides is 1. The molecule has 0 fully saturated rings. The molecule has 1 amide bonds. The van der Waals surface area contributed by atoms with E-state index in [1.54, 1.807) is 6.92 Å². The molecule has 0 bridgehead atoms. The Hall–Kier alpha value is -1.64. The molecule has 1 aromatic carbocycles. The van der Waals surface area contributed by atoms with Crippen molar-refractivity contribution in [3.8, 4) is 0 Å². The Kier molecular flexibility index (Phi) is 6.38. The van der Waals surface area contributed by atoms with Crippen molar-refractivity contribution in [2.45, 2.75) is 37.1 Å². The first-order valence-corrected chi connectivity index (χ1v) is 9.05. The molecular formula is C15H21ClN2O5S. The summed E-state index contributed by atoms with van der Waals surface area (Å²) in [6.45, 7) is 3.21. The number of hydrogen-bond donors (Lipinski definition) is 2. The molecule has 0 radical (unpaired) electrons. The first-order valence-electron chi connectivity index (χ1n) is 7.23. The summed E-state index contributed by atoms with van der Waals surface area (Å²) >= 11 is 5.93. The van der Waals surface area contributed by atoms with Gasteiger partial charge in [0.2, 0.25) is 10.0 Å². The van der Waals surface area contributed by atoms with E-state index in [1.165, 1.54) is 33.2 Å². The van der Waals surface area contributed by atoms with Crippen molar-refractivity contribution >= 4 is 33.5 Å². The molecule has 0 aliphatic rings. The number of carboxylic acid groups (broad SMARTS) is 1. The fourth-order valence-electron chi connectivity index (χ4n) is 2.08. The van der Waals surface area contributed by atoms with E-state index in [0.717, 1.165) is 10.4 Å². The van der Waals surface area contributed by atoms with E-state index in [2.05, 4.69) is 5.32 Å². The van der Waals surface area contributed by atoms with E-state index in [1.807, 2.05) is 0 Å². The minimum atomic E-state index is -3.83. The third-order valence-corrected chi connectivity index (χ3v) is 5.86. The van der Waals surface area contributed by atoms with Crippen LogP contribution in [0.15, 0.2) is 23.1 Å². The monoisotopic (exact) mass is 376 g/mol. The number of nitrogens with zero attached hydrogens (tertiary/aromatic N) is 1. The maximum absolute atomic E-state index is 12.4. The van der Waals surface area contributed by atoms with Crippen LogP contribution in [0, 0.1) is 0 Å². The number of carbonyl (C=O) groups is 2. The van der Waals surface area contributed by atoms with E-state index in [-0.39, 0.29) is 21.9 Å². The summed E-state index contributed by atoms with van der Waals surface area (Å²) in [4.78, 5) is 23.6. The Bertz CT molecular complexity index is 748. The van der Waals surface area contributed by atoms with Gasteiger partial charge in [0.25, 0.3) is 5.91 Å². The minimum absolute atomic E-state index is 0.0170. The number of nitrogens with one attached hydrogen (secondary N) is 1. The molecule has 1 atom stereocenters. The first-order chi connectivity index (χ1) is 11.0. The Morgan fingerprint density at radius 1 is 1.33 bits per heavy atom. The number of carboxylic acids is 1. The van der Waals surface area contributed by atoms with Crippen molar-refractivity contribution in [1.82, 2.24) is 9.62 Å². The van der Waals surface area contributed by atoms with Crippen LogP contribution < -0.4 is 5.32 Å². The van der Waals surface area contributed by atoms with Gasteiger partial charge in [0.15, 0.2) is 0 Å². The lowest BCUT2D eigenvalue weighted by Crippen LogP contribution is -2.52. The lowest BCUT2D eigenvalue weighted by molar-refractivity contribution is -0.144. The lowest BCUT2D eigenvalue weighted by Gasteiger charge is -2.26. The number of carbonyl (C=O) groups excluding carboxylic acids is 1. The van der Waals surface area contributed by atoms with Crippen molar-refractivity contribution in [2.75, 3.05) is 14.1 Å². The average molecular weight is 377 g/mol. The summed E-state index contributed by atoms with van der Waals surface area (Å²) in [7, 11) is -1.13. The van der Waals surface area contributed by atoms with E-state index in [0.29, 0.717) is 6.42 Å². The second kappa shape index (κ2) is 7.50. The van der Waals surface area contributed by atoms with Crippen molar-refractivity contribution in [2.24, 2.45) is 0 Å². The molecule has 0 aliphatic heterocycles. The number of aliphatic carboxylic acids is 1. The van der Waals surface area contributed by atoms with Crippen LogP contribution in [0.1, 0.15) is 37.0 Å². The number of amides is 1. The Labute approximate surface area is 146 Å². The quantitative estimate of drug-likeness (QED) is 0.757. The fraction of sp³-hybridized carbons (Fsp3) is 0.467. The zero-order chi connectivity index (χ0) is 18.7. The largest absolute Gasteiger partial charge is 0.480 e. The zero-order valence-electron chi connectivity index (χ0n) is 14.0. The van der Waals surface area contributed by atoms with Crippen LogP contribution in [0.4, 0.5) is 0 Å². The minimum Gasteiger partial charge on any atom is -0.480 e. The summed E-state index contributed by atoms with van der Waals surface area (Å²) in [6.07, 6.45) is 0.800. The van der Waals surface area contributed by atoms with Crippen molar-refractivity contribution < 1.29 is 23.1 Å². The molecule has 0 heterocycles. The van der Waals surface area contributed by atoms with E-state index >= 15 is 0 Å². The lowest BCUT2D eigenvalue weighted by atomic mass is 9.96. The van der Waals surface area contributed by atoms with Gasteiger partial charge in [-0.2, -0.15) is 0 Å². The highest BCUT2D eigenvalue weighted by atomic mass is 35.5. The molecule has 1 aromatic rings. The molecule has 7 nitrogen and oxygen atoms in total. The predicted octanol–water partition coefficient (Wildman–Crippen LogP) is 1.96. The maximum atomic E-state index is 12.4. The number of hydrogen-bond acceptors (Lipinski definition) is 4. The summed E-state index contributed by atoms with van der Waals surface area (Å²) in [5.41, 5.74) is -1.42. The number of rotatable bonds is 7. The van der Waals surface area contributed by atoms with Crippen LogP contribution in [0.3, 0.4) is 0 Å². The molecule has 24 heavy (non-hydrogen) atoms. The molecule has 2 N–H and O–H groups in total. The van der Waals surface area contributed by atoms with Gasteiger partial charge in [-0.3, -0.25) is 4.79 Å². The highest BCUT2D eigenvalue weighted by Crippen LogP contribution is 2.25. The average Bonchev–Trinajstić information content (AvgIpc) is 2.47. The van der Waals surface area contributed by atoms with Crippen molar-refractivity contribution in [1.29, 1.82) is 0 Å². The molecule has 0 spiro atoms. The summed E-state index contributed by atoms with van der Waals surface area (Å²) in [5, 5.41) is 11.8. The Morgan fingerprint density at radius 2 is 1.92 bits per heavy atom. The smallest absolute Gasteiger partial charge is 0.329 e. The SMILES string of the molecule is CCC[C@](C)(NC(=O)c1ccc(Cl)c(S(=O)(=O)N(C)C)c1)C(=O)O. The highest BCUT2D eigenvalue weighted by Gasteiger charge is 2.34. The van der Waals surface area contributed by atoms with Gasteiger partial charge < -0.3 is 10.4 Å². The third-order valence-electron chi connectivity index (χ3n) is 3.56. The normalized spacial score (nSPS) is 14.2. The van der Waals surface area contributed by atoms with Gasteiger partial charge in [-0.15, -0.1) is 0 Å². The van der Waals surface area contributed by atoms with E-state index in [9.17, 15) is 23.1 Å². The summed E-state index contributed by atoms with van der Waals surface area (Å²) in [5.74, 6) is -1.84. The van der Waals surface area contributed by atoms with Gasteiger partial charge in [-0.1, -0.05) is 24.9 Å². The Morgan fingerprint density at radius 3 is 2.38 bits per heavy atom. The molecule has 0 aliphatic carbocycles. The van der Waals surface area contributed by atoms with Gasteiger partial charge >= 0.3 is 5.97 Å². The topological polar surface area (TPSA) is 104 Å². The van der Waals surface area contributed by atoms with E-state index < -0.39 is 27.4 Å². The van der Waals surface area contributed by atoms with Crippen LogP contribution >= 0.6 is 11.6 Å². The molecule has 134 valence electrons. The zero-order valence-corrected chi connectivity index (χ0v) is 15.5. The fourth-order valence-corrected chi connectivity index (χ4v) is 3.48. The van der Waals surface area contributed by atoms with E-state index in [4.69, 9.17) is 11.6 Å². The maximum Gasteiger partial charge on any atom is 0.329 e. The van der Waals surface area contributed by atoms with Crippen LogP contribution in [0.25, 0.3) is 0 Å². The summed E-state index contributed by atoms with van der Waals surface area (Å²) in [6, 6.07) is 3.78. The second-order valence-corrected chi connectivity index (χ2v) is 8.30. The molecule has 0 saturated heterocycles. The van der Waals surface area contributed by atoms with Crippen molar-refractivity contribution in [3.05, 3.63) is 28.8 Å². The molecule has 0 saturated carbocycles. The Balaban J connectivity index is 3.25. The first kappa shape index (κ1) is 20.4. The van der Waals surface area contributed by atoms with Crippen LogP contribution in [-0.2, 0) is 14.8 Å². The van der Waals surface area contributed by atoms with Gasteiger partial charge in [0, 0.05) is 19.7 Å². The standard InChI is InChI=1S/C15H21ClN2O5S/c1-5-8-15(2,14(20)21)17-13(19)10-6-7-11(16)12(9-10)24(22,23)18(3)4/h6-7,9H,5,8H2,1-4H3,(H,17,19)(H,20,21)/t15-/m0/s1. The van der Waals surface area contributed by atoms with Gasteiger partial charge in [-0.05, 0) is 31.5 Å².